The number of nitrogens with one attached hydrogen (secondary N) is 1. The van der Waals surface area contributed by atoms with E-state index in [1.54, 1.807) is 6.92 Å². The van der Waals surface area contributed by atoms with Gasteiger partial charge in [-0.2, -0.15) is 0 Å². The zero-order chi connectivity index (χ0) is 17.0. The molecule has 0 atom stereocenters. The number of aromatic nitrogens is 2. The number of hydrogen-bond donors (Lipinski definition) is 1. The summed E-state index contributed by atoms with van der Waals surface area (Å²) in [7, 11) is -3.18. The zero-order valence-corrected chi connectivity index (χ0v) is 14.2. The van der Waals surface area contributed by atoms with Crippen LogP contribution < -0.4 is 10.9 Å². The van der Waals surface area contributed by atoms with E-state index in [-0.39, 0.29) is 17.4 Å². The van der Waals surface area contributed by atoms with Crippen molar-refractivity contribution in [3.63, 3.8) is 0 Å². The summed E-state index contributed by atoms with van der Waals surface area (Å²) in [5, 5.41) is 2.81. The molecule has 0 bridgehead atoms. The van der Waals surface area contributed by atoms with Crippen LogP contribution in [0.2, 0.25) is 0 Å². The van der Waals surface area contributed by atoms with Crippen molar-refractivity contribution in [1.29, 1.82) is 0 Å². The number of aryl methyl sites for hydroxylation is 1. The fraction of sp³-hybridized carbons (Fsp3) is 0.643. The van der Waals surface area contributed by atoms with Crippen LogP contribution in [0.3, 0.4) is 0 Å². The molecule has 1 saturated heterocycles. The number of carbonyl (C=O) groups is 1. The molecule has 1 N–H and O–H groups in total. The molecule has 1 aliphatic heterocycles. The zero-order valence-electron chi connectivity index (χ0n) is 13.4. The molecule has 1 amide bonds. The van der Waals surface area contributed by atoms with Crippen LogP contribution >= 0.6 is 0 Å². The lowest BCUT2D eigenvalue weighted by Gasteiger charge is -2.29. The van der Waals surface area contributed by atoms with Crippen LogP contribution in [0.4, 0.5) is 0 Å². The van der Waals surface area contributed by atoms with E-state index in [0.717, 1.165) is 0 Å². The quantitative estimate of drug-likeness (QED) is 0.765. The van der Waals surface area contributed by atoms with E-state index in [0.29, 0.717) is 44.6 Å². The van der Waals surface area contributed by atoms with Crippen molar-refractivity contribution in [3.8, 4) is 0 Å². The Morgan fingerprint density at radius 2 is 2.04 bits per heavy atom. The molecule has 0 aromatic carbocycles. The van der Waals surface area contributed by atoms with Gasteiger partial charge in [0.05, 0.1) is 12.6 Å². The van der Waals surface area contributed by atoms with Gasteiger partial charge in [-0.05, 0) is 19.8 Å². The van der Waals surface area contributed by atoms with E-state index in [1.807, 2.05) is 0 Å². The second kappa shape index (κ2) is 7.22. The summed E-state index contributed by atoms with van der Waals surface area (Å²) in [6, 6.07) is 0. The number of rotatable bonds is 5. The summed E-state index contributed by atoms with van der Waals surface area (Å²) in [6.07, 6.45) is 5.18. The molecule has 0 aliphatic carbocycles. The summed E-state index contributed by atoms with van der Waals surface area (Å²) >= 11 is 0. The van der Waals surface area contributed by atoms with Crippen LogP contribution in [-0.2, 0) is 21.4 Å². The molecule has 2 rings (SSSR count). The van der Waals surface area contributed by atoms with Crippen molar-refractivity contribution < 1.29 is 13.2 Å². The summed E-state index contributed by atoms with van der Waals surface area (Å²) < 4.78 is 25.7. The summed E-state index contributed by atoms with van der Waals surface area (Å²) in [4.78, 5) is 27.9. The summed E-state index contributed by atoms with van der Waals surface area (Å²) in [5.41, 5.74) is 0.447. The number of carbonyl (C=O) groups excluding carboxylic acids is 1. The number of amides is 1. The lowest BCUT2D eigenvalue weighted by atomic mass is 9.97. The molecular formula is C14H22N4O4S. The van der Waals surface area contributed by atoms with Crippen molar-refractivity contribution in [2.45, 2.75) is 26.3 Å². The molecule has 9 heteroatoms. The van der Waals surface area contributed by atoms with Crippen molar-refractivity contribution in [1.82, 2.24) is 19.2 Å². The second-order valence-corrected chi connectivity index (χ2v) is 7.78. The molecule has 0 unspecified atom stereocenters. The van der Waals surface area contributed by atoms with Gasteiger partial charge in [0.25, 0.3) is 5.56 Å². The molecule has 8 nitrogen and oxygen atoms in total. The van der Waals surface area contributed by atoms with Gasteiger partial charge in [-0.25, -0.2) is 17.7 Å². The van der Waals surface area contributed by atoms with E-state index in [2.05, 4.69) is 10.3 Å². The largest absolute Gasteiger partial charge is 0.354 e. The van der Waals surface area contributed by atoms with Gasteiger partial charge in [-0.1, -0.05) is 0 Å². The summed E-state index contributed by atoms with van der Waals surface area (Å²) in [5.74, 6) is -0.271. The van der Waals surface area contributed by atoms with Gasteiger partial charge in [-0.15, -0.1) is 0 Å². The van der Waals surface area contributed by atoms with Crippen LogP contribution in [0, 0.1) is 12.8 Å². The fourth-order valence-corrected chi connectivity index (χ4v) is 3.49. The third-order valence-electron chi connectivity index (χ3n) is 4.02. The lowest BCUT2D eigenvalue weighted by molar-refractivity contribution is -0.126. The maximum absolute atomic E-state index is 12.1. The van der Waals surface area contributed by atoms with E-state index < -0.39 is 10.0 Å². The van der Waals surface area contributed by atoms with Gasteiger partial charge in [0, 0.05) is 43.9 Å². The minimum absolute atomic E-state index is 0.0909. The van der Waals surface area contributed by atoms with Crippen LogP contribution in [0.1, 0.15) is 18.4 Å². The predicted octanol–water partition coefficient (Wildman–Crippen LogP) is -0.660. The Morgan fingerprint density at radius 3 is 2.65 bits per heavy atom. The molecule has 0 spiro atoms. The van der Waals surface area contributed by atoms with E-state index in [4.69, 9.17) is 0 Å². The molecule has 1 aromatic heterocycles. The highest BCUT2D eigenvalue weighted by molar-refractivity contribution is 7.88. The van der Waals surface area contributed by atoms with E-state index in [1.165, 1.54) is 27.7 Å². The first kappa shape index (κ1) is 17.6. The molecule has 1 fully saturated rings. The first-order chi connectivity index (χ1) is 10.8. The number of piperidine rings is 1. The molecule has 2 heterocycles. The maximum Gasteiger partial charge on any atom is 0.256 e. The van der Waals surface area contributed by atoms with Crippen LogP contribution in [0.15, 0.2) is 17.3 Å². The first-order valence-corrected chi connectivity index (χ1v) is 9.38. The van der Waals surface area contributed by atoms with Crippen LogP contribution in [-0.4, -0.2) is 54.1 Å². The molecule has 1 aliphatic rings. The lowest BCUT2D eigenvalue weighted by Crippen LogP contribution is -2.43. The standard InChI is InChI=1S/C14H22N4O4S/c1-11-9-15-10-17(14(11)20)8-5-16-13(19)12-3-6-18(7-4-12)23(2,21)22/h9-10,12H,3-8H2,1-2H3,(H,16,19). The highest BCUT2D eigenvalue weighted by Gasteiger charge is 2.28. The Morgan fingerprint density at radius 1 is 1.39 bits per heavy atom. The van der Waals surface area contributed by atoms with Gasteiger partial charge in [0.1, 0.15) is 0 Å². The fourth-order valence-electron chi connectivity index (χ4n) is 2.61. The van der Waals surface area contributed by atoms with Gasteiger partial charge in [0.15, 0.2) is 0 Å². The predicted molar refractivity (Wildman–Crippen MR) is 85.4 cm³/mol. The normalized spacial score (nSPS) is 17.1. The highest BCUT2D eigenvalue weighted by Crippen LogP contribution is 2.19. The van der Waals surface area contributed by atoms with E-state index in [9.17, 15) is 18.0 Å². The average Bonchev–Trinajstić information content (AvgIpc) is 2.50. The average molecular weight is 342 g/mol. The van der Waals surface area contributed by atoms with Crippen molar-refractivity contribution >= 4 is 15.9 Å². The van der Waals surface area contributed by atoms with Crippen LogP contribution in [0.5, 0.6) is 0 Å². The van der Waals surface area contributed by atoms with Gasteiger partial charge in [-0.3, -0.25) is 14.2 Å². The first-order valence-electron chi connectivity index (χ1n) is 7.53. The molecule has 0 radical (unpaired) electrons. The Kier molecular flexibility index (Phi) is 5.53. The topological polar surface area (TPSA) is 101 Å². The van der Waals surface area contributed by atoms with Crippen LogP contribution in [0.25, 0.3) is 0 Å². The highest BCUT2D eigenvalue weighted by atomic mass is 32.2. The molecular weight excluding hydrogens is 320 g/mol. The van der Waals surface area contributed by atoms with E-state index >= 15 is 0 Å². The monoisotopic (exact) mass is 342 g/mol. The number of nitrogens with zero attached hydrogens (tertiary/aromatic N) is 3. The molecule has 23 heavy (non-hydrogen) atoms. The number of hydrogen-bond acceptors (Lipinski definition) is 5. The third-order valence-corrected chi connectivity index (χ3v) is 5.32. The smallest absolute Gasteiger partial charge is 0.256 e. The van der Waals surface area contributed by atoms with Gasteiger partial charge < -0.3 is 5.32 Å². The Labute approximate surface area is 135 Å². The van der Waals surface area contributed by atoms with Crippen molar-refractivity contribution in [3.05, 3.63) is 28.4 Å². The molecule has 1 aromatic rings. The Balaban J connectivity index is 1.80. The SMILES string of the molecule is Cc1cncn(CCNC(=O)C2CCN(S(C)(=O)=O)CC2)c1=O. The maximum atomic E-state index is 12.1. The minimum atomic E-state index is -3.18. The van der Waals surface area contributed by atoms with Gasteiger partial charge in [0.2, 0.25) is 15.9 Å². The molecule has 128 valence electrons. The van der Waals surface area contributed by atoms with Gasteiger partial charge >= 0.3 is 0 Å². The second-order valence-electron chi connectivity index (χ2n) is 5.80. The molecule has 0 saturated carbocycles. The third kappa shape index (κ3) is 4.61. The minimum Gasteiger partial charge on any atom is -0.354 e. The number of sulfonamides is 1. The Bertz CT molecular complexity index is 721. The summed E-state index contributed by atoms with van der Waals surface area (Å²) in [6.45, 7) is 3.15. The van der Waals surface area contributed by atoms with Crippen molar-refractivity contribution in [2.24, 2.45) is 5.92 Å². The van der Waals surface area contributed by atoms with Crippen molar-refractivity contribution in [2.75, 3.05) is 25.9 Å². The Hall–Kier alpha value is -1.74.